The average molecular weight is 463 g/mol. The monoisotopic (exact) mass is 462 g/mol. The zero-order chi connectivity index (χ0) is 22.5. The van der Waals surface area contributed by atoms with Crippen LogP contribution in [0.3, 0.4) is 0 Å². The highest BCUT2D eigenvalue weighted by molar-refractivity contribution is 8.04. The molecule has 0 aliphatic carbocycles. The van der Waals surface area contributed by atoms with Crippen LogP contribution in [0.2, 0.25) is 5.02 Å². The molecule has 2 amide bonds. The Hall–Kier alpha value is -3.02. The molecule has 32 heavy (non-hydrogen) atoms. The first-order valence-electron chi connectivity index (χ1n) is 10.4. The Morgan fingerprint density at radius 1 is 1.09 bits per heavy atom. The van der Waals surface area contributed by atoms with E-state index in [-0.39, 0.29) is 17.9 Å². The molecule has 0 saturated carbocycles. The van der Waals surface area contributed by atoms with Crippen molar-refractivity contribution in [1.82, 2.24) is 5.32 Å². The largest absolute Gasteiger partial charge is 0.350 e. The van der Waals surface area contributed by atoms with Crippen LogP contribution < -0.4 is 10.6 Å². The van der Waals surface area contributed by atoms with E-state index in [2.05, 4.69) is 22.8 Å². The number of carbonyl (C=O) groups is 2. The molecule has 0 fully saturated rings. The third-order valence-electron chi connectivity index (χ3n) is 5.21. The molecule has 6 heteroatoms. The number of anilines is 1. The molecular weight excluding hydrogens is 440 g/mol. The fraction of sp³-hybridized carbons (Fsp3) is 0.154. The summed E-state index contributed by atoms with van der Waals surface area (Å²) >= 11 is 7.58. The first-order chi connectivity index (χ1) is 15.5. The second-order valence-corrected chi connectivity index (χ2v) is 9.19. The minimum absolute atomic E-state index is 0.0351. The van der Waals surface area contributed by atoms with Gasteiger partial charge >= 0.3 is 0 Å². The van der Waals surface area contributed by atoms with Crippen molar-refractivity contribution in [3.63, 3.8) is 0 Å². The van der Waals surface area contributed by atoms with Gasteiger partial charge in [-0.3, -0.25) is 9.59 Å². The van der Waals surface area contributed by atoms with Crippen molar-refractivity contribution in [2.45, 2.75) is 30.7 Å². The molecule has 0 radical (unpaired) electrons. The van der Waals surface area contributed by atoms with Gasteiger partial charge in [0, 0.05) is 21.5 Å². The maximum atomic E-state index is 12.7. The molecule has 0 aromatic heterocycles. The summed E-state index contributed by atoms with van der Waals surface area (Å²) < 4.78 is 0. The number of hydrogen-bond donors (Lipinski definition) is 2. The standard InChI is InChI=1S/C26H23ClN2O2S/c1-17(11-12-18-7-3-2-4-8-18)28-25(30)20-13-14-23-22(15-20)29-26(31)24(32-23)16-19-9-5-6-10-21(19)27/h2-10,13-17H,11-12H2,1H3,(H,28,30)(H,29,31)/b24-16+. The third-order valence-corrected chi connectivity index (χ3v) is 6.66. The Morgan fingerprint density at radius 2 is 1.84 bits per heavy atom. The van der Waals surface area contributed by atoms with Gasteiger partial charge in [0.1, 0.15) is 0 Å². The summed E-state index contributed by atoms with van der Waals surface area (Å²) in [6.45, 7) is 2.00. The number of thioether (sulfide) groups is 1. The Kier molecular flexibility index (Phi) is 6.98. The Balaban J connectivity index is 1.42. The summed E-state index contributed by atoms with van der Waals surface area (Å²) in [6, 6.07) is 23.0. The number of aryl methyl sites for hydroxylation is 1. The van der Waals surface area contributed by atoms with Gasteiger partial charge < -0.3 is 10.6 Å². The number of nitrogens with one attached hydrogen (secondary N) is 2. The van der Waals surface area contributed by atoms with Crippen molar-refractivity contribution in [3.05, 3.63) is 99.4 Å². The van der Waals surface area contributed by atoms with E-state index >= 15 is 0 Å². The van der Waals surface area contributed by atoms with E-state index in [1.165, 1.54) is 17.3 Å². The lowest BCUT2D eigenvalue weighted by Gasteiger charge is -2.20. The van der Waals surface area contributed by atoms with Crippen molar-refractivity contribution in [2.75, 3.05) is 5.32 Å². The molecule has 1 heterocycles. The molecular formula is C26H23ClN2O2S. The summed E-state index contributed by atoms with van der Waals surface area (Å²) in [7, 11) is 0. The molecule has 162 valence electrons. The summed E-state index contributed by atoms with van der Waals surface area (Å²) in [6.07, 6.45) is 3.53. The number of halogens is 1. The summed E-state index contributed by atoms with van der Waals surface area (Å²) in [4.78, 5) is 26.8. The van der Waals surface area contributed by atoms with E-state index < -0.39 is 0 Å². The van der Waals surface area contributed by atoms with Gasteiger partial charge in [0.05, 0.1) is 10.6 Å². The van der Waals surface area contributed by atoms with Crippen molar-refractivity contribution < 1.29 is 9.59 Å². The second kappa shape index (κ2) is 10.1. The van der Waals surface area contributed by atoms with Crippen LogP contribution in [0.25, 0.3) is 6.08 Å². The van der Waals surface area contributed by atoms with E-state index in [0.717, 1.165) is 23.3 Å². The minimum Gasteiger partial charge on any atom is -0.350 e. The van der Waals surface area contributed by atoms with Crippen molar-refractivity contribution in [1.29, 1.82) is 0 Å². The predicted molar refractivity (Wildman–Crippen MR) is 132 cm³/mol. The van der Waals surface area contributed by atoms with E-state index in [4.69, 9.17) is 11.6 Å². The molecule has 0 spiro atoms. The minimum atomic E-state index is -0.212. The highest BCUT2D eigenvalue weighted by Crippen LogP contribution is 2.39. The summed E-state index contributed by atoms with van der Waals surface area (Å²) in [5.74, 6) is -0.360. The fourth-order valence-corrected chi connectivity index (χ4v) is 4.56. The van der Waals surface area contributed by atoms with Gasteiger partial charge in [0.15, 0.2) is 0 Å². The lowest BCUT2D eigenvalue weighted by atomic mass is 10.1. The summed E-state index contributed by atoms with van der Waals surface area (Å²) in [5.41, 5.74) is 3.20. The second-order valence-electron chi connectivity index (χ2n) is 7.70. The number of benzene rings is 3. The van der Waals surface area contributed by atoms with Crippen LogP contribution in [-0.2, 0) is 11.2 Å². The maximum absolute atomic E-state index is 12.7. The van der Waals surface area contributed by atoms with Crippen LogP contribution in [0.4, 0.5) is 5.69 Å². The molecule has 0 bridgehead atoms. The van der Waals surface area contributed by atoms with Gasteiger partial charge in [-0.25, -0.2) is 0 Å². The molecule has 1 atom stereocenters. The molecule has 1 aliphatic rings. The van der Waals surface area contributed by atoms with E-state index in [1.807, 2.05) is 49.4 Å². The maximum Gasteiger partial charge on any atom is 0.262 e. The highest BCUT2D eigenvalue weighted by Gasteiger charge is 2.23. The molecule has 4 nitrogen and oxygen atoms in total. The molecule has 1 aliphatic heterocycles. The van der Waals surface area contributed by atoms with Crippen LogP contribution in [-0.4, -0.2) is 17.9 Å². The van der Waals surface area contributed by atoms with E-state index in [1.54, 1.807) is 24.3 Å². The lowest BCUT2D eigenvalue weighted by molar-refractivity contribution is -0.112. The van der Waals surface area contributed by atoms with Crippen molar-refractivity contribution in [2.24, 2.45) is 0 Å². The third kappa shape index (κ3) is 5.42. The van der Waals surface area contributed by atoms with E-state index in [9.17, 15) is 9.59 Å². The smallest absolute Gasteiger partial charge is 0.262 e. The quantitative estimate of drug-likeness (QED) is 0.430. The molecule has 3 aromatic carbocycles. The predicted octanol–water partition coefficient (Wildman–Crippen LogP) is 6.18. The zero-order valence-electron chi connectivity index (χ0n) is 17.6. The Labute approximate surface area is 197 Å². The number of hydrogen-bond acceptors (Lipinski definition) is 3. The Morgan fingerprint density at radius 3 is 2.62 bits per heavy atom. The number of rotatable bonds is 6. The van der Waals surface area contributed by atoms with Gasteiger partial charge in [0.25, 0.3) is 11.8 Å². The molecule has 2 N–H and O–H groups in total. The van der Waals surface area contributed by atoms with Gasteiger partial charge in [-0.2, -0.15) is 0 Å². The normalized spacial score (nSPS) is 15.1. The first kappa shape index (κ1) is 22.2. The van der Waals surface area contributed by atoms with Gasteiger partial charge in [0.2, 0.25) is 0 Å². The Bertz CT molecular complexity index is 1180. The van der Waals surface area contributed by atoms with Crippen LogP contribution >= 0.6 is 23.4 Å². The topological polar surface area (TPSA) is 58.2 Å². The van der Waals surface area contributed by atoms with Gasteiger partial charge in [-0.15, -0.1) is 0 Å². The first-order valence-corrected chi connectivity index (χ1v) is 11.6. The van der Waals surface area contributed by atoms with Crippen molar-refractivity contribution >= 4 is 46.9 Å². The van der Waals surface area contributed by atoms with Crippen LogP contribution in [0.15, 0.2) is 82.6 Å². The number of fused-ring (bicyclic) bond motifs is 1. The van der Waals surface area contributed by atoms with Gasteiger partial charge in [-0.05, 0) is 61.2 Å². The van der Waals surface area contributed by atoms with E-state index in [0.29, 0.717) is 21.2 Å². The number of amides is 2. The van der Waals surface area contributed by atoms with Crippen LogP contribution in [0.5, 0.6) is 0 Å². The number of carbonyl (C=O) groups excluding carboxylic acids is 2. The fourth-order valence-electron chi connectivity index (χ4n) is 3.44. The van der Waals surface area contributed by atoms with Gasteiger partial charge in [-0.1, -0.05) is 71.9 Å². The average Bonchev–Trinajstić information content (AvgIpc) is 2.80. The lowest BCUT2D eigenvalue weighted by Crippen LogP contribution is -2.33. The van der Waals surface area contributed by atoms with Crippen LogP contribution in [0.1, 0.15) is 34.8 Å². The zero-order valence-corrected chi connectivity index (χ0v) is 19.2. The summed E-state index contributed by atoms with van der Waals surface area (Å²) in [5, 5.41) is 6.53. The van der Waals surface area contributed by atoms with Crippen LogP contribution in [0, 0.1) is 0 Å². The van der Waals surface area contributed by atoms with Crippen molar-refractivity contribution in [3.8, 4) is 0 Å². The molecule has 0 saturated heterocycles. The molecule has 3 aromatic rings. The highest BCUT2D eigenvalue weighted by atomic mass is 35.5. The molecule has 1 unspecified atom stereocenters. The molecule has 4 rings (SSSR count). The SMILES string of the molecule is CC(CCc1ccccc1)NC(=O)c1ccc2c(c1)NC(=O)/C(=C\c1ccccc1Cl)S2.